The SMILES string of the molecule is CONC1CC(N)C1. The van der Waals surface area contributed by atoms with Gasteiger partial charge in [0.25, 0.3) is 0 Å². The molecule has 0 aromatic heterocycles. The predicted octanol–water partition coefficient (Wildman–Crippen LogP) is -0.373. The van der Waals surface area contributed by atoms with Crippen LogP contribution in [-0.4, -0.2) is 19.2 Å². The number of hydrogen-bond acceptors (Lipinski definition) is 3. The third kappa shape index (κ3) is 1.18. The van der Waals surface area contributed by atoms with Crippen LogP contribution in [0.2, 0.25) is 0 Å². The quantitative estimate of drug-likeness (QED) is 0.484. The molecule has 3 N–H and O–H groups in total. The van der Waals surface area contributed by atoms with E-state index in [0.717, 1.165) is 12.8 Å². The average Bonchev–Trinajstić information content (AvgIpc) is 1.64. The molecule has 3 nitrogen and oxygen atoms in total. The summed E-state index contributed by atoms with van der Waals surface area (Å²) in [6.45, 7) is 0. The van der Waals surface area contributed by atoms with Crippen molar-refractivity contribution in [3.05, 3.63) is 0 Å². The van der Waals surface area contributed by atoms with E-state index in [-0.39, 0.29) is 0 Å². The molecule has 0 aromatic carbocycles. The molecule has 0 heterocycles. The number of nitrogens with two attached hydrogens (primary N) is 1. The van der Waals surface area contributed by atoms with Crippen LogP contribution in [0.15, 0.2) is 0 Å². The zero-order chi connectivity index (χ0) is 5.98. The van der Waals surface area contributed by atoms with Crippen LogP contribution in [0.5, 0.6) is 0 Å². The molecule has 1 aliphatic carbocycles. The second-order valence-electron chi connectivity index (χ2n) is 2.25. The monoisotopic (exact) mass is 116 g/mol. The molecule has 48 valence electrons. The normalized spacial score (nSPS) is 36.8. The second-order valence-corrected chi connectivity index (χ2v) is 2.25. The van der Waals surface area contributed by atoms with Crippen LogP contribution in [0, 0.1) is 0 Å². The first-order valence-electron chi connectivity index (χ1n) is 2.87. The van der Waals surface area contributed by atoms with Crippen molar-refractivity contribution in [3.8, 4) is 0 Å². The maximum absolute atomic E-state index is 5.50. The third-order valence-corrected chi connectivity index (χ3v) is 1.46. The lowest BCUT2D eigenvalue weighted by molar-refractivity contribution is 0.0295. The van der Waals surface area contributed by atoms with Crippen LogP contribution in [0.1, 0.15) is 12.8 Å². The van der Waals surface area contributed by atoms with E-state index in [4.69, 9.17) is 5.73 Å². The van der Waals surface area contributed by atoms with Crippen LogP contribution >= 0.6 is 0 Å². The number of nitrogens with one attached hydrogen (secondary N) is 1. The Morgan fingerprint density at radius 1 is 1.62 bits per heavy atom. The van der Waals surface area contributed by atoms with Crippen molar-refractivity contribution in [1.29, 1.82) is 0 Å². The summed E-state index contributed by atoms with van der Waals surface area (Å²) in [5.41, 5.74) is 8.34. The summed E-state index contributed by atoms with van der Waals surface area (Å²) in [4.78, 5) is 4.69. The minimum absolute atomic E-state index is 0.405. The minimum atomic E-state index is 0.405. The Hall–Kier alpha value is -0.120. The lowest BCUT2D eigenvalue weighted by atomic mass is 9.88. The van der Waals surface area contributed by atoms with Gasteiger partial charge >= 0.3 is 0 Å². The van der Waals surface area contributed by atoms with Crippen LogP contribution in [0.4, 0.5) is 0 Å². The van der Waals surface area contributed by atoms with E-state index in [1.807, 2.05) is 0 Å². The van der Waals surface area contributed by atoms with Crippen molar-refractivity contribution in [2.75, 3.05) is 7.11 Å². The van der Waals surface area contributed by atoms with Crippen LogP contribution in [0.3, 0.4) is 0 Å². The maximum atomic E-state index is 5.50. The molecule has 0 unspecified atom stereocenters. The smallest absolute Gasteiger partial charge is 0.0572 e. The van der Waals surface area contributed by atoms with E-state index in [2.05, 4.69) is 10.3 Å². The van der Waals surface area contributed by atoms with Gasteiger partial charge in [-0.1, -0.05) is 0 Å². The summed E-state index contributed by atoms with van der Waals surface area (Å²) >= 11 is 0. The van der Waals surface area contributed by atoms with Gasteiger partial charge in [0.2, 0.25) is 0 Å². The zero-order valence-electron chi connectivity index (χ0n) is 5.05. The van der Waals surface area contributed by atoms with E-state index < -0.39 is 0 Å². The van der Waals surface area contributed by atoms with Crippen LogP contribution in [0.25, 0.3) is 0 Å². The van der Waals surface area contributed by atoms with Gasteiger partial charge in [0, 0.05) is 12.1 Å². The molecule has 1 rings (SSSR count). The predicted molar refractivity (Wildman–Crippen MR) is 31.1 cm³/mol. The molecule has 3 heteroatoms. The molecule has 1 saturated carbocycles. The first-order valence-corrected chi connectivity index (χ1v) is 2.87. The van der Waals surface area contributed by atoms with E-state index >= 15 is 0 Å². The van der Waals surface area contributed by atoms with Gasteiger partial charge in [-0.15, -0.1) is 0 Å². The minimum Gasteiger partial charge on any atom is -0.328 e. The fraction of sp³-hybridized carbons (Fsp3) is 1.00. The van der Waals surface area contributed by atoms with Crippen LogP contribution in [-0.2, 0) is 4.84 Å². The number of hydrogen-bond donors (Lipinski definition) is 2. The van der Waals surface area contributed by atoms with Gasteiger partial charge in [-0.2, -0.15) is 5.48 Å². The molecule has 0 amide bonds. The standard InChI is InChI=1S/C5H12N2O/c1-8-7-5-2-4(6)3-5/h4-5,7H,2-3,6H2,1H3. The topological polar surface area (TPSA) is 47.3 Å². The molecular weight excluding hydrogens is 104 g/mol. The highest BCUT2D eigenvalue weighted by molar-refractivity contribution is 4.85. The molecule has 0 aromatic rings. The first kappa shape index (κ1) is 6.01. The van der Waals surface area contributed by atoms with E-state index in [0.29, 0.717) is 12.1 Å². The number of hydroxylamine groups is 1. The zero-order valence-corrected chi connectivity index (χ0v) is 5.05. The Labute approximate surface area is 49.2 Å². The summed E-state index contributed by atoms with van der Waals surface area (Å²) in [7, 11) is 1.63. The van der Waals surface area contributed by atoms with Crippen molar-refractivity contribution < 1.29 is 4.84 Å². The highest BCUT2D eigenvalue weighted by atomic mass is 16.6. The Morgan fingerprint density at radius 2 is 2.25 bits per heavy atom. The van der Waals surface area contributed by atoms with Crippen LogP contribution < -0.4 is 11.2 Å². The van der Waals surface area contributed by atoms with Gasteiger partial charge in [0.05, 0.1) is 7.11 Å². The molecule has 0 saturated heterocycles. The molecule has 0 bridgehead atoms. The Kier molecular flexibility index (Phi) is 1.83. The fourth-order valence-electron chi connectivity index (χ4n) is 0.925. The summed E-state index contributed by atoms with van der Waals surface area (Å²) in [6.07, 6.45) is 2.10. The van der Waals surface area contributed by atoms with Gasteiger partial charge < -0.3 is 10.6 Å². The Morgan fingerprint density at radius 3 is 2.62 bits per heavy atom. The highest BCUT2D eigenvalue weighted by Crippen LogP contribution is 2.16. The van der Waals surface area contributed by atoms with Crippen molar-refractivity contribution in [1.82, 2.24) is 5.48 Å². The van der Waals surface area contributed by atoms with Gasteiger partial charge in [-0.3, -0.25) is 0 Å². The van der Waals surface area contributed by atoms with E-state index in [9.17, 15) is 0 Å². The van der Waals surface area contributed by atoms with Gasteiger partial charge in [-0.25, -0.2) is 0 Å². The van der Waals surface area contributed by atoms with Crippen molar-refractivity contribution >= 4 is 0 Å². The van der Waals surface area contributed by atoms with Crippen molar-refractivity contribution in [3.63, 3.8) is 0 Å². The highest BCUT2D eigenvalue weighted by Gasteiger charge is 2.24. The lowest BCUT2D eigenvalue weighted by Crippen LogP contribution is -2.47. The Balaban J connectivity index is 1.98. The molecule has 0 atom stereocenters. The van der Waals surface area contributed by atoms with E-state index in [1.54, 1.807) is 7.11 Å². The molecule has 0 spiro atoms. The van der Waals surface area contributed by atoms with Crippen molar-refractivity contribution in [2.45, 2.75) is 24.9 Å². The van der Waals surface area contributed by atoms with Gasteiger partial charge in [0.1, 0.15) is 0 Å². The molecule has 0 aliphatic heterocycles. The fourth-order valence-corrected chi connectivity index (χ4v) is 0.925. The summed E-state index contributed by atoms with van der Waals surface area (Å²) in [5, 5.41) is 0. The second kappa shape index (κ2) is 2.44. The Bertz CT molecular complexity index is 68.1. The van der Waals surface area contributed by atoms with E-state index in [1.165, 1.54) is 0 Å². The maximum Gasteiger partial charge on any atom is 0.0572 e. The third-order valence-electron chi connectivity index (χ3n) is 1.46. The first-order chi connectivity index (χ1) is 3.83. The largest absolute Gasteiger partial charge is 0.328 e. The van der Waals surface area contributed by atoms with Crippen molar-refractivity contribution in [2.24, 2.45) is 5.73 Å². The summed E-state index contributed by atoms with van der Waals surface area (Å²) < 4.78 is 0. The average molecular weight is 116 g/mol. The molecule has 1 fully saturated rings. The molecule has 0 radical (unpaired) electrons. The summed E-state index contributed by atoms with van der Waals surface area (Å²) in [5.74, 6) is 0. The lowest BCUT2D eigenvalue weighted by Gasteiger charge is -2.31. The summed E-state index contributed by atoms with van der Waals surface area (Å²) in [6, 6.07) is 0.914. The molecule has 8 heavy (non-hydrogen) atoms. The van der Waals surface area contributed by atoms with Gasteiger partial charge in [-0.05, 0) is 12.8 Å². The number of rotatable bonds is 2. The molecular formula is C5H12N2O. The van der Waals surface area contributed by atoms with Gasteiger partial charge in [0.15, 0.2) is 0 Å². The molecule has 1 aliphatic rings.